The number of aryl methyl sites for hydroxylation is 2. The zero-order chi connectivity index (χ0) is 19.9. The monoisotopic (exact) mass is 378 g/mol. The number of carbonyl (C=O) groups excluding carboxylic acids is 1. The molecule has 1 aliphatic rings. The number of nitrogens with one attached hydrogen (secondary N) is 2. The Morgan fingerprint density at radius 1 is 1.07 bits per heavy atom. The summed E-state index contributed by atoms with van der Waals surface area (Å²) in [6.45, 7) is 4.73. The van der Waals surface area contributed by atoms with Crippen molar-refractivity contribution in [3.05, 3.63) is 59.2 Å². The Labute approximate surface area is 167 Å². The van der Waals surface area contributed by atoms with E-state index in [1.807, 2.05) is 24.3 Å². The van der Waals surface area contributed by atoms with Crippen LogP contribution in [-0.4, -0.2) is 11.9 Å². The van der Waals surface area contributed by atoms with Gasteiger partial charge in [0.1, 0.15) is 0 Å². The summed E-state index contributed by atoms with van der Waals surface area (Å²) >= 11 is 0. The van der Waals surface area contributed by atoms with Crippen LogP contribution in [-0.2, 0) is 24.2 Å². The highest BCUT2D eigenvalue weighted by atomic mass is 16.1. The predicted octanol–water partition coefficient (Wildman–Crippen LogP) is 4.48. The second-order valence-electron chi connectivity index (χ2n) is 7.30. The fourth-order valence-electron chi connectivity index (χ4n) is 3.41. The van der Waals surface area contributed by atoms with Gasteiger partial charge in [-0.25, -0.2) is 4.99 Å². The van der Waals surface area contributed by atoms with E-state index in [-0.39, 0.29) is 11.8 Å². The van der Waals surface area contributed by atoms with Crippen LogP contribution in [0.5, 0.6) is 0 Å². The molecule has 0 saturated heterocycles. The van der Waals surface area contributed by atoms with Gasteiger partial charge in [-0.3, -0.25) is 4.79 Å². The molecule has 2 aromatic rings. The lowest BCUT2D eigenvalue weighted by atomic mass is 9.85. The van der Waals surface area contributed by atoms with Crippen molar-refractivity contribution >= 4 is 23.2 Å². The van der Waals surface area contributed by atoms with Crippen molar-refractivity contribution in [2.75, 3.05) is 10.6 Å². The maximum Gasteiger partial charge on any atom is 0.227 e. The van der Waals surface area contributed by atoms with E-state index >= 15 is 0 Å². The largest absolute Gasteiger partial charge is 0.370 e. The number of aliphatic imine (C=N–C) groups is 1. The van der Waals surface area contributed by atoms with Crippen molar-refractivity contribution in [3.8, 4) is 0 Å². The SMILES string of the molecule is CCc1cccc(CC)c1NC(N)=NCc1cccc(NC(=O)C2CCC2)c1. The Kier molecular flexibility index (Phi) is 6.69. The first-order chi connectivity index (χ1) is 13.6. The summed E-state index contributed by atoms with van der Waals surface area (Å²) in [5.41, 5.74) is 11.5. The molecule has 0 radical (unpaired) electrons. The molecular weight excluding hydrogens is 348 g/mol. The lowest BCUT2D eigenvalue weighted by Crippen LogP contribution is -2.28. The first kappa shape index (κ1) is 19.9. The molecule has 2 aromatic carbocycles. The Hall–Kier alpha value is -2.82. The van der Waals surface area contributed by atoms with Gasteiger partial charge in [0, 0.05) is 17.3 Å². The molecule has 0 bridgehead atoms. The van der Waals surface area contributed by atoms with Crippen molar-refractivity contribution in [1.29, 1.82) is 0 Å². The third kappa shape index (κ3) is 4.91. The fraction of sp³-hybridized carbons (Fsp3) is 0.391. The molecule has 4 N–H and O–H groups in total. The maximum atomic E-state index is 12.1. The lowest BCUT2D eigenvalue weighted by Gasteiger charge is -2.24. The molecule has 0 aromatic heterocycles. The molecule has 5 nitrogen and oxygen atoms in total. The second-order valence-corrected chi connectivity index (χ2v) is 7.30. The van der Waals surface area contributed by atoms with E-state index in [1.165, 1.54) is 11.1 Å². The van der Waals surface area contributed by atoms with E-state index in [1.54, 1.807) is 0 Å². The molecule has 0 unspecified atom stereocenters. The number of carbonyl (C=O) groups is 1. The van der Waals surface area contributed by atoms with Gasteiger partial charge in [-0.1, -0.05) is 50.6 Å². The topological polar surface area (TPSA) is 79.5 Å². The van der Waals surface area contributed by atoms with Gasteiger partial charge in [0.2, 0.25) is 5.91 Å². The summed E-state index contributed by atoms with van der Waals surface area (Å²) in [5.74, 6) is 0.698. The summed E-state index contributed by atoms with van der Waals surface area (Å²) in [6, 6.07) is 14.1. The van der Waals surface area contributed by atoms with Crippen LogP contribution in [0.15, 0.2) is 47.5 Å². The van der Waals surface area contributed by atoms with Gasteiger partial charge in [0.15, 0.2) is 5.96 Å². The van der Waals surface area contributed by atoms with Crippen LogP contribution in [0.4, 0.5) is 11.4 Å². The van der Waals surface area contributed by atoms with E-state index in [9.17, 15) is 4.79 Å². The number of rotatable bonds is 7. The average Bonchev–Trinajstić information content (AvgIpc) is 2.65. The van der Waals surface area contributed by atoms with Crippen molar-refractivity contribution in [2.45, 2.75) is 52.5 Å². The van der Waals surface area contributed by atoms with Crippen molar-refractivity contribution in [2.24, 2.45) is 16.6 Å². The smallest absolute Gasteiger partial charge is 0.227 e. The maximum absolute atomic E-state index is 12.1. The van der Waals surface area contributed by atoms with Crippen molar-refractivity contribution < 1.29 is 4.79 Å². The van der Waals surface area contributed by atoms with Crippen LogP contribution in [0.3, 0.4) is 0 Å². The van der Waals surface area contributed by atoms with E-state index in [0.29, 0.717) is 12.5 Å². The van der Waals surface area contributed by atoms with Crippen LogP contribution in [0.25, 0.3) is 0 Å². The minimum absolute atomic E-state index is 0.122. The molecule has 0 spiro atoms. The van der Waals surface area contributed by atoms with Gasteiger partial charge in [0.05, 0.1) is 6.54 Å². The predicted molar refractivity (Wildman–Crippen MR) is 117 cm³/mol. The van der Waals surface area contributed by atoms with Gasteiger partial charge in [-0.15, -0.1) is 0 Å². The second kappa shape index (κ2) is 9.40. The molecule has 3 rings (SSSR count). The molecule has 1 amide bonds. The highest BCUT2D eigenvalue weighted by Crippen LogP contribution is 2.27. The number of benzene rings is 2. The standard InChI is InChI=1S/C23H30N4O/c1-3-17-9-6-10-18(4-2)21(17)27-23(24)25-15-16-8-5-13-20(14-16)26-22(28)19-11-7-12-19/h5-6,8-10,13-14,19H,3-4,7,11-12,15H2,1-2H3,(H,26,28)(H3,24,25,27). The van der Waals surface area contributed by atoms with Crippen LogP contribution >= 0.6 is 0 Å². The van der Waals surface area contributed by atoms with Crippen LogP contribution in [0.2, 0.25) is 0 Å². The number of guanidine groups is 1. The molecule has 1 fully saturated rings. The molecule has 0 aliphatic heterocycles. The highest BCUT2D eigenvalue weighted by Gasteiger charge is 2.25. The Morgan fingerprint density at radius 3 is 2.36 bits per heavy atom. The van der Waals surface area contributed by atoms with Crippen molar-refractivity contribution in [3.63, 3.8) is 0 Å². The van der Waals surface area contributed by atoms with Gasteiger partial charge in [0.25, 0.3) is 0 Å². The molecule has 28 heavy (non-hydrogen) atoms. The van der Waals surface area contributed by atoms with Gasteiger partial charge < -0.3 is 16.4 Å². The van der Waals surface area contributed by atoms with Crippen LogP contribution in [0.1, 0.15) is 49.8 Å². The summed E-state index contributed by atoms with van der Waals surface area (Å²) in [6.07, 6.45) is 5.02. The summed E-state index contributed by atoms with van der Waals surface area (Å²) in [5, 5.41) is 6.29. The average molecular weight is 379 g/mol. The van der Waals surface area contributed by atoms with Gasteiger partial charge in [-0.2, -0.15) is 0 Å². The summed E-state index contributed by atoms with van der Waals surface area (Å²) in [7, 11) is 0. The van der Waals surface area contributed by atoms with E-state index in [0.717, 1.165) is 49.0 Å². The van der Waals surface area contributed by atoms with Gasteiger partial charge >= 0.3 is 0 Å². The van der Waals surface area contributed by atoms with E-state index in [4.69, 9.17) is 5.73 Å². The van der Waals surface area contributed by atoms with E-state index < -0.39 is 0 Å². The molecule has 1 saturated carbocycles. The minimum atomic E-state index is 0.122. The summed E-state index contributed by atoms with van der Waals surface area (Å²) < 4.78 is 0. The molecule has 0 heterocycles. The number of hydrogen-bond acceptors (Lipinski definition) is 2. The number of nitrogens with two attached hydrogens (primary N) is 1. The molecular formula is C23H30N4O. The zero-order valence-electron chi connectivity index (χ0n) is 16.8. The first-order valence-corrected chi connectivity index (χ1v) is 10.2. The van der Waals surface area contributed by atoms with Crippen molar-refractivity contribution in [1.82, 2.24) is 0 Å². The minimum Gasteiger partial charge on any atom is -0.370 e. The van der Waals surface area contributed by atoms with Crippen LogP contribution < -0.4 is 16.4 Å². The third-order valence-corrected chi connectivity index (χ3v) is 5.35. The van der Waals surface area contributed by atoms with Gasteiger partial charge in [-0.05, 0) is 54.5 Å². The first-order valence-electron chi connectivity index (χ1n) is 10.2. The number of para-hydroxylation sites is 1. The third-order valence-electron chi connectivity index (χ3n) is 5.35. The number of amides is 1. The fourth-order valence-corrected chi connectivity index (χ4v) is 3.41. The zero-order valence-corrected chi connectivity index (χ0v) is 16.8. The normalized spacial score (nSPS) is 14.4. The number of hydrogen-bond donors (Lipinski definition) is 3. The molecule has 5 heteroatoms. The van der Waals surface area contributed by atoms with Crippen LogP contribution in [0, 0.1) is 5.92 Å². The van der Waals surface area contributed by atoms with E-state index in [2.05, 4.69) is 47.7 Å². The highest BCUT2D eigenvalue weighted by molar-refractivity contribution is 5.94. The summed E-state index contributed by atoms with van der Waals surface area (Å²) in [4.78, 5) is 16.6. The Morgan fingerprint density at radius 2 is 1.75 bits per heavy atom. The molecule has 148 valence electrons. The Bertz CT molecular complexity index is 833. The lowest BCUT2D eigenvalue weighted by molar-refractivity contribution is -0.122. The number of anilines is 2. The number of nitrogens with zero attached hydrogens (tertiary/aromatic N) is 1. The molecule has 0 atom stereocenters. The quantitative estimate of drug-likeness (QED) is 0.491. The Balaban J connectivity index is 1.65. The molecule has 1 aliphatic carbocycles.